The van der Waals surface area contributed by atoms with Gasteiger partial charge in [0, 0.05) is 17.1 Å². The van der Waals surface area contributed by atoms with Gasteiger partial charge in [-0.05, 0) is 29.8 Å². The van der Waals surface area contributed by atoms with Gasteiger partial charge >= 0.3 is 6.18 Å². The van der Waals surface area contributed by atoms with Gasteiger partial charge in [0.1, 0.15) is 0 Å². The highest BCUT2D eigenvalue weighted by molar-refractivity contribution is 5.85. The number of aliphatic hydroxyl groups excluding tert-OH is 1. The Labute approximate surface area is 124 Å². The van der Waals surface area contributed by atoms with Gasteiger partial charge in [0.05, 0.1) is 17.8 Å². The second-order valence-electron chi connectivity index (χ2n) is 4.74. The van der Waals surface area contributed by atoms with Crippen LogP contribution in [-0.4, -0.2) is 15.1 Å². The lowest BCUT2D eigenvalue weighted by atomic mass is 10.0. The van der Waals surface area contributed by atoms with Crippen LogP contribution in [0.25, 0.3) is 22.2 Å². The van der Waals surface area contributed by atoms with Crippen molar-refractivity contribution in [2.45, 2.75) is 12.8 Å². The highest BCUT2D eigenvalue weighted by Gasteiger charge is 2.35. The van der Waals surface area contributed by atoms with Crippen molar-refractivity contribution in [1.29, 1.82) is 0 Å². The van der Waals surface area contributed by atoms with Crippen LogP contribution in [0.5, 0.6) is 0 Å². The molecule has 0 amide bonds. The molecule has 0 saturated heterocycles. The van der Waals surface area contributed by atoms with Crippen molar-refractivity contribution in [2.75, 3.05) is 0 Å². The number of fused-ring (bicyclic) bond motifs is 1. The minimum atomic E-state index is -4.57. The van der Waals surface area contributed by atoms with Gasteiger partial charge in [0.25, 0.3) is 0 Å². The first-order valence-corrected chi connectivity index (χ1v) is 6.53. The Kier molecular flexibility index (Phi) is 3.54. The molecule has 22 heavy (non-hydrogen) atoms. The van der Waals surface area contributed by atoms with Crippen LogP contribution >= 0.6 is 0 Å². The third-order valence-corrected chi connectivity index (χ3v) is 3.32. The highest BCUT2D eigenvalue weighted by Crippen LogP contribution is 2.35. The Morgan fingerprint density at radius 3 is 2.55 bits per heavy atom. The van der Waals surface area contributed by atoms with Crippen LogP contribution in [0.2, 0.25) is 0 Å². The summed E-state index contributed by atoms with van der Waals surface area (Å²) in [5.41, 5.74) is 0.110. The smallest absolute Gasteiger partial charge is 0.392 e. The second-order valence-corrected chi connectivity index (χ2v) is 4.74. The zero-order chi connectivity index (χ0) is 15.7. The average Bonchev–Trinajstić information content (AvgIpc) is 2.53. The van der Waals surface area contributed by atoms with Crippen molar-refractivity contribution >= 4 is 10.9 Å². The molecule has 3 rings (SSSR count). The molecular formula is C16H11F3N2O. The fraction of sp³-hybridized carbons (Fsp3) is 0.125. The maximum Gasteiger partial charge on any atom is 0.434 e. The molecule has 0 aliphatic carbocycles. The molecule has 0 fully saturated rings. The van der Waals surface area contributed by atoms with E-state index in [1.807, 2.05) is 0 Å². The van der Waals surface area contributed by atoms with Crippen LogP contribution in [0, 0.1) is 0 Å². The van der Waals surface area contributed by atoms with Gasteiger partial charge in [0.15, 0.2) is 5.69 Å². The van der Waals surface area contributed by atoms with Crippen molar-refractivity contribution in [3.63, 3.8) is 0 Å². The van der Waals surface area contributed by atoms with Gasteiger partial charge in [-0.15, -0.1) is 0 Å². The van der Waals surface area contributed by atoms with Crippen LogP contribution in [0.15, 0.2) is 48.7 Å². The lowest BCUT2D eigenvalue weighted by molar-refractivity contribution is -0.140. The van der Waals surface area contributed by atoms with E-state index < -0.39 is 11.9 Å². The molecule has 1 aromatic carbocycles. The molecule has 0 saturated carbocycles. The molecule has 0 unspecified atom stereocenters. The average molecular weight is 304 g/mol. The van der Waals surface area contributed by atoms with Crippen molar-refractivity contribution in [3.05, 3.63) is 59.9 Å². The molecule has 0 bridgehead atoms. The number of hydrogen-bond donors (Lipinski definition) is 1. The molecular weight excluding hydrogens is 293 g/mol. The van der Waals surface area contributed by atoms with Gasteiger partial charge < -0.3 is 5.11 Å². The summed E-state index contributed by atoms with van der Waals surface area (Å²) in [5, 5.41) is 10.2. The molecule has 112 valence electrons. The van der Waals surface area contributed by atoms with Crippen molar-refractivity contribution in [3.8, 4) is 11.3 Å². The minimum Gasteiger partial charge on any atom is -0.392 e. The van der Waals surface area contributed by atoms with E-state index in [2.05, 4.69) is 9.97 Å². The Hall–Kier alpha value is -2.47. The Morgan fingerprint density at radius 2 is 1.82 bits per heavy atom. The quantitative estimate of drug-likeness (QED) is 0.783. The van der Waals surface area contributed by atoms with Crippen LogP contribution < -0.4 is 0 Å². The van der Waals surface area contributed by atoms with E-state index in [-0.39, 0.29) is 17.9 Å². The molecule has 6 heteroatoms. The first kappa shape index (κ1) is 14.5. The van der Waals surface area contributed by atoms with E-state index in [9.17, 15) is 18.3 Å². The summed E-state index contributed by atoms with van der Waals surface area (Å²) < 4.78 is 39.3. The van der Waals surface area contributed by atoms with Gasteiger partial charge in [-0.25, -0.2) is 4.98 Å². The molecule has 2 heterocycles. The molecule has 2 aromatic heterocycles. The van der Waals surface area contributed by atoms with Gasteiger partial charge in [-0.3, -0.25) is 4.98 Å². The zero-order valence-electron chi connectivity index (χ0n) is 11.3. The lowest BCUT2D eigenvalue weighted by Gasteiger charge is -2.13. The molecule has 0 atom stereocenters. The predicted molar refractivity (Wildman–Crippen MR) is 75.9 cm³/mol. The number of rotatable bonds is 2. The molecule has 0 aliphatic rings. The predicted octanol–water partition coefficient (Wildman–Crippen LogP) is 3.81. The molecule has 0 aliphatic heterocycles. The number of nitrogens with zero attached hydrogens (tertiary/aromatic N) is 2. The molecule has 0 spiro atoms. The van der Waals surface area contributed by atoms with Crippen LogP contribution in [0.1, 0.15) is 11.3 Å². The molecule has 1 N–H and O–H groups in total. The second kappa shape index (κ2) is 5.38. The van der Waals surface area contributed by atoms with E-state index in [1.54, 1.807) is 24.3 Å². The minimum absolute atomic E-state index is 0.101. The maximum atomic E-state index is 13.1. The summed E-state index contributed by atoms with van der Waals surface area (Å²) in [6.45, 7) is -0.280. The number of alkyl halides is 3. The number of hydrogen-bond acceptors (Lipinski definition) is 3. The van der Waals surface area contributed by atoms with Crippen LogP contribution in [0.4, 0.5) is 13.2 Å². The van der Waals surface area contributed by atoms with Crippen molar-refractivity contribution in [1.82, 2.24) is 9.97 Å². The van der Waals surface area contributed by atoms with E-state index in [0.29, 0.717) is 16.5 Å². The lowest BCUT2D eigenvalue weighted by Crippen LogP contribution is -2.10. The zero-order valence-corrected chi connectivity index (χ0v) is 11.3. The normalized spacial score (nSPS) is 11.8. The van der Waals surface area contributed by atoms with Crippen LogP contribution in [0.3, 0.4) is 0 Å². The number of para-hydroxylation sites is 1. The maximum absolute atomic E-state index is 13.1. The number of aliphatic hydroxyl groups is 1. The summed E-state index contributed by atoms with van der Waals surface area (Å²) in [6, 6.07) is 11.2. The number of aromatic nitrogens is 2. The molecule has 3 nitrogen and oxygen atoms in total. The topological polar surface area (TPSA) is 46.0 Å². The summed E-state index contributed by atoms with van der Waals surface area (Å²) >= 11 is 0. The number of pyridine rings is 2. The van der Waals surface area contributed by atoms with Gasteiger partial charge in [-0.1, -0.05) is 18.2 Å². The fourth-order valence-corrected chi connectivity index (χ4v) is 2.35. The molecule has 0 radical (unpaired) electrons. The van der Waals surface area contributed by atoms with Crippen LogP contribution in [-0.2, 0) is 12.8 Å². The summed E-state index contributed by atoms with van der Waals surface area (Å²) in [6.07, 6.45) is -3.47. The van der Waals surface area contributed by atoms with E-state index in [4.69, 9.17) is 0 Å². The first-order chi connectivity index (χ1) is 10.5. The first-order valence-electron chi connectivity index (χ1n) is 6.53. The van der Waals surface area contributed by atoms with E-state index in [0.717, 1.165) is 6.20 Å². The Balaban J connectivity index is 2.28. The monoisotopic (exact) mass is 304 g/mol. The number of benzene rings is 1. The Morgan fingerprint density at radius 1 is 1.05 bits per heavy atom. The largest absolute Gasteiger partial charge is 0.434 e. The van der Waals surface area contributed by atoms with E-state index in [1.165, 1.54) is 18.2 Å². The third kappa shape index (κ3) is 2.53. The van der Waals surface area contributed by atoms with Gasteiger partial charge in [0.2, 0.25) is 0 Å². The SMILES string of the molecule is OCc1cc(-c2cccnc2C(F)(F)F)nc2ccccc12. The van der Waals surface area contributed by atoms with Crippen molar-refractivity contribution in [2.24, 2.45) is 0 Å². The molecule has 3 aromatic rings. The fourth-order valence-electron chi connectivity index (χ4n) is 2.35. The summed E-state index contributed by atoms with van der Waals surface area (Å²) in [5.74, 6) is 0. The number of halogens is 3. The van der Waals surface area contributed by atoms with E-state index >= 15 is 0 Å². The third-order valence-electron chi connectivity index (χ3n) is 3.32. The summed E-state index contributed by atoms with van der Waals surface area (Å²) in [7, 11) is 0. The summed E-state index contributed by atoms with van der Waals surface area (Å²) in [4.78, 5) is 7.71. The van der Waals surface area contributed by atoms with Gasteiger partial charge in [-0.2, -0.15) is 13.2 Å². The van der Waals surface area contributed by atoms with Crippen molar-refractivity contribution < 1.29 is 18.3 Å². The standard InChI is InChI=1S/C16H11F3N2O/c17-16(18,19)15-12(5-3-7-20-15)14-8-10(9-22)11-4-1-2-6-13(11)21-14/h1-8,22H,9H2. The highest BCUT2D eigenvalue weighted by atomic mass is 19.4. The Bertz CT molecular complexity index is 831.